The van der Waals surface area contributed by atoms with Crippen LogP contribution in [0.2, 0.25) is 0 Å². The SMILES string of the molecule is CCC1COC(C)CN1C1(CN)CCC(C)(C)CC1. The summed E-state index contributed by atoms with van der Waals surface area (Å²) in [6, 6.07) is 0.556. The molecule has 0 aromatic rings. The molecule has 2 fully saturated rings. The first kappa shape index (κ1) is 15.3. The van der Waals surface area contributed by atoms with Crippen molar-refractivity contribution in [2.24, 2.45) is 11.1 Å². The first-order valence-corrected chi connectivity index (χ1v) is 8.01. The molecule has 2 aliphatic rings. The van der Waals surface area contributed by atoms with Crippen LogP contribution >= 0.6 is 0 Å². The monoisotopic (exact) mass is 268 g/mol. The Kier molecular flexibility index (Phi) is 4.59. The van der Waals surface area contributed by atoms with Crippen LogP contribution in [0.25, 0.3) is 0 Å². The van der Waals surface area contributed by atoms with Crippen molar-refractivity contribution >= 4 is 0 Å². The molecule has 2 unspecified atom stereocenters. The van der Waals surface area contributed by atoms with E-state index in [1.807, 2.05) is 0 Å². The molecule has 1 aliphatic heterocycles. The first-order valence-electron chi connectivity index (χ1n) is 8.01. The molecule has 1 saturated heterocycles. The van der Waals surface area contributed by atoms with E-state index < -0.39 is 0 Å². The zero-order chi connectivity index (χ0) is 14.1. The van der Waals surface area contributed by atoms with Crippen LogP contribution in [0, 0.1) is 5.41 Å². The predicted octanol–water partition coefficient (Wildman–Crippen LogP) is 2.78. The molecule has 3 heteroatoms. The molecule has 112 valence electrons. The molecule has 2 atom stereocenters. The third-order valence-corrected chi connectivity index (χ3v) is 5.46. The first-order chi connectivity index (χ1) is 8.92. The lowest BCUT2D eigenvalue weighted by Crippen LogP contribution is -2.64. The molecule has 1 heterocycles. The summed E-state index contributed by atoms with van der Waals surface area (Å²) in [6.45, 7) is 12.0. The van der Waals surface area contributed by atoms with Crippen LogP contribution in [0.1, 0.15) is 59.8 Å². The van der Waals surface area contributed by atoms with Gasteiger partial charge in [0.2, 0.25) is 0 Å². The summed E-state index contributed by atoms with van der Waals surface area (Å²) < 4.78 is 5.85. The predicted molar refractivity (Wildman–Crippen MR) is 80.2 cm³/mol. The molecule has 2 rings (SSSR count). The van der Waals surface area contributed by atoms with Gasteiger partial charge in [0.1, 0.15) is 0 Å². The van der Waals surface area contributed by atoms with Crippen molar-refractivity contribution in [1.29, 1.82) is 0 Å². The summed E-state index contributed by atoms with van der Waals surface area (Å²) in [4.78, 5) is 2.70. The topological polar surface area (TPSA) is 38.5 Å². The van der Waals surface area contributed by atoms with Gasteiger partial charge in [-0.05, 0) is 44.4 Å². The highest BCUT2D eigenvalue weighted by Crippen LogP contribution is 2.44. The number of rotatable bonds is 3. The summed E-state index contributed by atoms with van der Waals surface area (Å²) in [7, 11) is 0. The van der Waals surface area contributed by atoms with Gasteiger partial charge in [-0.2, -0.15) is 0 Å². The molecule has 2 N–H and O–H groups in total. The standard InChI is InChI=1S/C16H32N2O/c1-5-14-11-19-13(2)10-18(14)16(12-17)8-6-15(3,4)7-9-16/h13-14H,5-12,17H2,1-4H3. The number of nitrogens with two attached hydrogens (primary N) is 1. The van der Waals surface area contributed by atoms with Gasteiger partial charge in [0.25, 0.3) is 0 Å². The van der Waals surface area contributed by atoms with Gasteiger partial charge in [-0.1, -0.05) is 20.8 Å². The van der Waals surface area contributed by atoms with Crippen molar-refractivity contribution in [3.05, 3.63) is 0 Å². The second-order valence-electron chi connectivity index (χ2n) is 7.45. The van der Waals surface area contributed by atoms with E-state index in [0.717, 1.165) is 26.1 Å². The summed E-state index contributed by atoms with van der Waals surface area (Å²) in [5, 5.41) is 0. The van der Waals surface area contributed by atoms with Crippen LogP contribution in [0.5, 0.6) is 0 Å². The van der Waals surface area contributed by atoms with Gasteiger partial charge in [-0.25, -0.2) is 0 Å². The number of ether oxygens (including phenoxy) is 1. The van der Waals surface area contributed by atoms with Crippen molar-refractivity contribution in [1.82, 2.24) is 4.90 Å². The van der Waals surface area contributed by atoms with Gasteiger partial charge >= 0.3 is 0 Å². The smallest absolute Gasteiger partial charge is 0.0675 e. The summed E-state index contributed by atoms with van der Waals surface area (Å²) in [6.07, 6.45) is 6.61. The molecule has 0 spiro atoms. The van der Waals surface area contributed by atoms with E-state index in [2.05, 4.69) is 32.6 Å². The quantitative estimate of drug-likeness (QED) is 0.855. The fourth-order valence-electron chi connectivity index (χ4n) is 3.76. The zero-order valence-electron chi connectivity index (χ0n) is 13.2. The van der Waals surface area contributed by atoms with Crippen LogP contribution in [-0.2, 0) is 4.74 Å². The molecule has 0 aromatic carbocycles. The number of hydrogen-bond donors (Lipinski definition) is 1. The van der Waals surface area contributed by atoms with Gasteiger partial charge < -0.3 is 10.5 Å². The third kappa shape index (κ3) is 3.14. The highest BCUT2D eigenvalue weighted by molar-refractivity contribution is 5.01. The molecule has 19 heavy (non-hydrogen) atoms. The van der Waals surface area contributed by atoms with E-state index in [0.29, 0.717) is 17.6 Å². The number of hydrogen-bond acceptors (Lipinski definition) is 3. The van der Waals surface area contributed by atoms with Gasteiger partial charge in [0.15, 0.2) is 0 Å². The molecule has 1 saturated carbocycles. The van der Waals surface area contributed by atoms with Crippen molar-refractivity contribution in [3.8, 4) is 0 Å². The maximum Gasteiger partial charge on any atom is 0.0675 e. The lowest BCUT2D eigenvalue weighted by atomic mass is 9.68. The summed E-state index contributed by atoms with van der Waals surface area (Å²) >= 11 is 0. The van der Waals surface area contributed by atoms with Crippen LogP contribution < -0.4 is 5.73 Å². The summed E-state index contributed by atoms with van der Waals surface area (Å²) in [5.41, 5.74) is 6.97. The van der Waals surface area contributed by atoms with E-state index in [9.17, 15) is 0 Å². The largest absolute Gasteiger partial charge is 0.376 e. The normalized spacial score (nSPS) is 35.2. The Hall–Kier alpha value is -0.120. The van der Waals surface area contributed by atoms with Gasteiger partial charge in [0.05, 0.1) is 12.7 Å². The minimum absolute atomic E-state index is 0.230. The molecule has 0 amide bonds. The van der Waals surface area contributed by atoms with Crippen molar-refractivity contribution in [2.45, 2.75) is 77.5 Å². The highest BCUT2D eigenvalue weighted by Gasteiger charge is 2.45. The van der Waals surface area contributed by atoms with Crippen molar-refractivity contribution in [2.75, 3.05) is 19.7 Å². The number of morpholine rings is 1. The van der Waals surface area contributed by atoms with Crippen LogP contribution in [0.3, 0.4) is 0 Å². The van der Waals surface area contributed by atoms with Gasteiger partial charge in [0, 0.05) is 24.7 Å². The lowest BCUT2D eigenvalue weighted by molar-refractivity contribution is -0.114. The van der Waals surface area contributed by atoms with E-state index in [-0.39, 0.29) is 5.54 Å². The van der Waals surface area contributed by atoms with E-state index in [1.54, 1.807) is 0 Å². The van der Waals surface area contributed by atoms with Crippen LogP contribution in [0.4, 0.5) is 0 Å². The van der Waals surface area contributed by atoms with Gasteiger partial charge in [-0.15, -0.1) is 0 Å². The molecule has 1 aliphatic carbocycles. The average Bonchev–Trinajstić information content (AvgIpc) is 2.39. The average molecular weight is 268 g/mol. The van der Waals surface area contributed by atoms with Crippen LogP contribution in [-0.4, -0.2) is 42.3 Å². The van der Waals surface area contributed by atoms with Crippen molar-refractivity contribution < 1.29 is 4.74 Å². The van der Waals surface area contributed by atoms with E-state index >= 15 is 0 Å². The minimum atomic E-state index is 0.230. The highest BCUT2D eigenvalue weighted by atomic mass is 16.5. The minimum Gasteiger partial charge on any atom is -0.376 e. The molecule has 0 radical (unpaired) electrons. The third-order valence-electron chi connectivity index (χ3n) is 5.46. The van der Waals surface area contributed by atoms with E-state index in [4.69, 9.17) is 10.5 Å². The number of nitrogens with zero attached hydrogens (tertiary/aromatic N) is 1. The lowest BCUT2D eigenvalue weighted by Gasteiger charge is -2.54. The molecule has 0 aromatic heterocycles. The van der Waals surface area contributed by atoms with Crippen LogP contribution in [0.15, 0.2) is 0 Å². The molecule has 3 nitrogen and oxygen atoms in total. The van der Waals surface area contributed by atoms with Gasteiger partial charge in [-0.3, -0.25) is 4.90 Å². The Morgan fingerprint density at radius 1 is 1.21 bits per heavy atom. The Balaban J connectivity index is 2.15. The second-order valence-corrected chi connectivity index (χ2v) is 7.45. The molecular weight excluding hydrogens is 236 g/mol. The maximum atomic E-state index is 6.24. The zero-order valence-corrected chi connectivity index (χ0v) is 13.2. The van der Waals surface area contributed by atoms with E-state index in [1.165, 1.54) is 25.7 Å². The Morgan fingerprint density at radius 3 is 2.37 bits per heavy atom. The Morgan fingerprint density at radius 2 is 1.84 bits per heavy atom. The fourth-order valence-corrected chi connectivity index (χ4v) is 3.76. The molecule has 0 bridgehead atoms. The van der Waals surface area contributed by atoms with Crippen molar-refractivity contribution in [3.63, 3.8) is 0 Å². The fraction of sp³-hybridized carbons (Fsp3) is 1.00. The Bertz CT molecular complexity index is 293. The molecular formula is C16H32N2O. The maximum absolute atomic E-state index is 6.24. The summed E-state index contributed by atoms with van der Waals surface area (Å²) in [5.74, 6) is 0. The Labute approximate surface area is 118 Å². The second kappa shape index (κ2) is 5.71.